The molecule has 1 fully saturated rings. The van der Waals surface area contributed by atoms with Gasteiger partial charge in [0.15, 0.2) is 0 Å². The molecule has 0 saturated carbocycles. The number of benzene rings is 1. The number of sulfonamides is 1. The van der Waals surface area contributed by atoms with Crippen molar-refractivity contribution >= 4 is 15.9 Å². The molecule has 0 aliphatic carbocycles. The summed E-state index contributed by atoms with van der Waals surface area (Å²) in [7, 11) is -1.86. The molecule has 2 atom stereocenters. The number of aryl methyl sites for hydroxylation is 1. The Kier molecular flexibility index (Phi) is 4.87. The average Bonchev–Trinajstić information content (AvgIpc) is 2.88. The SMILES string of the molecule is Cc1ccccc1S(=O)(=O)NC[C@@H]1CC(=O)N(C)[C@H]1c1ccncc1. The van der Waals surface area contributed by atoms with Crippen LogP contribution >= 0.6 is 0 Å². The lowest BCUT2D eigenvalue weighted by atomic mass is 9.95. The highest BCUT2D eigenvalue weighted by Gasteiger charge is 2.38. The molecule has 1 aromatic carbocycles. The van der Waals surface area contributed by atoms with E-state index in [0.717, 1.165) is 5.56 Å². The third-order valence-electron chi connectivity index (χ3n) is 4.66. The van der Waals surface area contributed by atoms with Crippen LogP contribution in [-0.2, 0) is 14.8 Å². The third-order valence-corrected chi connectivity index (χ3v) is 6.24. The van der Waals surface area contributed by atoms with E-state index in [0.29, 0.717) is 12.0 Å². The zero-order chi connectivity index (χ0) is 18.0. The smallest absolute Gasteiger partial charge is 0.240 e. The normalized spacial score (nSPS) is 20.9. The van der Waals surface area contributed by atoms with Crippen molar-refractivity contribution in [3.8, 4) is 0 Å². The molecule has 25 heavy (non-hydrogen) atoms. The van der Waals surface area contributed by atoms with Crippen LogP contribution in [0.5, 0.6) is 0 Å². The molecule has 6 nitrogen and oxygen atoms in total. The van der Waals surface area contributed by atoms with E-state index in [9.17, 15) is 13.2 Å². The first-order valence-corrected chi connectivity index (χ1v) is 9.59. The summed E-state index contributed by atoms with van der Waals surface area (Å²) in [5, 5.41) is 0. The van der Waals surface area contributed by atoms with Crippen LogP contribution in [0.25, 0.3) is 0 Å². The van der Waals surface area contributed by atoms with Gasteiger partial charge in [0, 0.05) is 38.3 Å². The number of likely N-dealkylation sites (tertiary alicyclic amines) is 1. The minimum atomic E-state index is -3.61. The standard InChI is InChI=1S/C18H21N3O3S/c1-13-5-3-4-6-16(13)25(23,24)20-12-15-11-17(22)21(2)18(15)14-7-9-19-10-8-14/h3-10,15,18,20H,11-12H2,1-2H3/t15-,18-/m0/s1. The first-order chi connectivity index (χ1) is 11.9. The lowest BCUT2D eigenvalue weighted by Gasteiger charge is -2.25. The third kappa shape index (κ3) is 3.57. The van der Waals surface area contributed by atoms with Gasteiger partial charge in [-0.3, -0.25) is 9.78 Å². The fraction of sp³-hybridized carbons (Fsp3) is 0.333. The van der Waals surface area contributed by atoms with E-state index in [1.54, 1.807) is 55.5 Å². The van der Waals surface area contributed by atoms with E-state index in [4.69, 9.17) is 0 Å². The second kappa shape index (κ2) is 6.93. The zero-order valence-corrected chi connectivity index (χ0v) is 15.0. The highest BCUT2D eigenvalue weighted by molar-refractivity contribution is 7.89. The number of rotatable bonds is 5. The molecule has 2 heterocycles. The second-order valence-corrected chi connectivity index (χ2v) is 8.05. The molecule has 0 unspecified atom stereocenters. The topological polar surface area (TPSA) is 79.4 Å². The van der Waals surface area contributed by atoms with Crippen LogP contribution < -0.4 is 4.72 Å². The van der Waals surface area contributed by atoms with Crippen molar-refractivity contribution in [3.05, 3.63) is 59.9 Å². The molecule has 3 rings (SSSR count). The maximum absolute atomic E-state index is 12.6. The second-order valence-electron chi connectivity index (χ2n) is 6.31. The van der Waals surface area contributed by atoms with E-state index in [1.807, 2.05) is 12.1 Å². The fourth-order valence-electron chi connectivity index (χ4n) is 3.34. The Morgan fingerprint density at radius 3 is 2.56 bits per heavy atom. The van der Waals surface area contributed by atoms with Gasteiger partial charge in [0.1, 0.15) is 0 Å². The van der Waals surface area contributed by atoms with Crippen molar-refractivity contribution in [2.24, 2.45) is 5.92 Å². The van der Waals surface area contributed by atoms with E-state index >= 15 is 0 Å². The minimum Gasteiger partial charge on any atom is -0.338 e. The van der Waals surface area contributed by atoms with Crippen molar-refractivity contribution < 1.29 is 13.2 Å². The number of amides is 1. The van der Waals surface area contributed by atoms with Crippen molar-refractivity contribution in [3.63, 3.8) is 0 Å². The summed E-state index contributed by atoms with van der Waals surface area (Å²) < 4.78 is 27.9. The van der Waals surface area contributed by atoms with Gasteiger partial charge in [-0.05, 0) is 36.2 Å². The Morgan fingerprint density at radius 2 is 1.88 bits per heavy atom. The van der Waals surface area contributed by atoms with Crippen molar-refractivity contribution in [1.29, 1.82) is 0 Å². The van der Waals surface area contributed by atoms with Crippen LogP contribution in [0.2, 0.25) is 0 Å². The zero-order valence-electron chi connectivity index (χ0n) is 14.2. The molecule has 2 aromatic rings. The summed E-state index contributed by atoms with van der Waals surface area (Å²) >= 11 is 0. The Hall–Kier alpha value is -2.25. The van der Waals surface area contributed by atoms with Crippen LogP contribution in [0.3, 0.4) is 0 Å². The van der Waals surface area contributed by atoms with Gasteiger partial charge in [-0.2, -0.15) is 0 Å². The van der Waals surface area contributed by atoms with Crippen molar-refractivity contribution in [1.82, 2.24) is 14.6 Å². The Balaban J connectivity index is 1.80. The molecular formula is C18H21N3O3S. The van der Waals surface area contributed by atoms with Crippen LogP contribution in [-0.4, -0.2) is 37.8 Å². The largest absolute Gasteiger partial charge is 0.338 e. The van der Waals surface area contributed by atoms with Gasteiger partial charge in [0.25, 0.3) is 0 Å². The molecule has 0 spiro atoms. The Bertz CT molecular complexity index is 868. The molecule has 7 heteroatoms. The first kappa shape index (κ1) is 17.6. The molecule has 0 radical (unpaired) electrons. The van der Waals surface area contributed by atoms with E-state index in [2.05, 4.69) is 9.71 Å². The molecule has 1 aliphatic heterocycles. The van der Waals surface area contributed by atoms with Gasteiger partial charge in [0.05, 0.1) is 10.9 Å². The summed E-state index contributed by atoms with van der Waals surface area (Å²) in [6.07, 6.45) is 3.68. The predicted octanol–water partition coefficient (Wildman–Crippen LogP) is 1.89. The number of nitrogens with zero attached hydrogens (tertiary/aromatic N) is 2. The number of hydrogen-bond donors (Lipinski definition) is 1. The Labute approximate surface area is 147 Å². The summed E-state index contributed by atoms with van der Waals surface area (Å²) in [5.41, 5.74) is 1.66. The fourth-order valence-corrected chi connectivity index (χ4v) is 4.68. The van der Waals surface area contributed by atoms with Crippen LogP contribution in [0.15, 0.2) is 53.7 Å². The monoisotopic (exact) mass is 359 g/mol. The van der Waals surface area contributed by atoms with E-state index in [-0.39, 0.29) is 29.3 Å². The maximum atomic E-state index is 12.6. The number of hydrogen-bond acceptors (Lipinski definition) is 4. The molecule has 0 bridgehead atoms. The molecule has 1 aliphatic rings. The molecule has 1 N–H and O–H groups in total. The summed E-state index contributed by atoms with van der Waals surface area (Å²) in [6.45, 7) is 1.97. The minimum absolute atomic E-state index is 0.0156. The van der Waals surface area contributed by atoms with Gasteiger partial charge in [-0.15, -0.1) is 0 Å². The van der Waals surface area contributed by atoms with Crippen LogP contribution in [0.1, 0.15) is 23.6 Å². The highest BCUT2D eigenvalue weighted by atomic mass is 32.2. The van der Waals surface area contributed by atoms with Crippen LogP contribution in [0, 0.1) is 12.8 Å². The van der Waals surface area contributed by atoms with Gasteiger partial charge in [-0.25, -0.2) is 13.1 Å². The number of nitrogens with one attached hydrogen (secondary N) is 1. The number of carbonyl (C=O) groups is 1. The van der Waals surface area contributed by atoms with Crippen molar-refractivity contribution in [2.75, 3.05) is 13.6 Å². The first-order valence-electron chi connectivity index (χ1n) is 8.11. The molecule has 132 valence electrons. The van der Waals surface area contributed by atoms with Gasteiger partial charge in [-0.1, -0.05) is 18.2 Å². The van der Waals surface area contributed by atoms with Crippen LogP contribution in [0.4, 0.5) is 0 Å². The molecule has 1 aromatic heterocycles. The van der Waals surface area contributed by atoms with Crippen molar-refractivity contribution in [2.45, 2.75) is 24.3 Å². The molecular weight excluding hydrogens is 338 g/mol. The number of carbonyl (C=O) groups excluding carboxylic acids is 1. The Morgan fingerprint density at radius 1 is 1.20 bits per heavy atom. The molecule has 1 saturated heterocycles. The maximum Gasteiger partial charge on any atom is 0.240 e. The summed E-state index contributed by atoms with van der Waals surface area (Å²) in [5.74, 6) is -0.111. The lowest BCUT2D eigenvalue weighted by molar-refractivity contribution is -0.127. The summed E-state index contributed by atoms with van der Waals surface area (Å²) in [6, 6.07) is 10.4. The highest BCUT2D eigenvalue weighted by Crippen LogP contribution is 2.36. The van der Waals surface area contributed by atoms with Gasteiger partial charge < -0.3 is 4.90 Å². The lowest BCUT2D eigenvalue weighted by Crippen LogP contribution is -2.33. The molecule has 1 amide bonds. The number of pyridine rings is 1. The predicted molar refractivity (Wildman–Crippen MR) is 94.2 cm³/mol. The van der Waals surface area contributed by atoms with Gasteiger partial charge in [0.2, 0.25) is 15.9 Å². The van der Waals surface area contributed by atoms with E-state index in [1.165, 1.54) is 0 Å². The quantitative estimate of drug-likeness (QED) is 0.884. The van der Waals surface area contributed by atoms with Gasteiger partial charge >= 0.3 is 0 Å². The van der Waals surface area contributed by atoms with E-state index < -0.39 is 10.0 Å². The summed E-state index contributed by atoms with van der Waals surface area (Å²) in [4.78, 5) is 18.1. The average molecular weight is 359 g/mol. The number of aromatic nitrogens is 1.